The number of benzene rings is 1. The highest BCUT2D eigenvalue weighted by Crippen LogP contribution is 2.14. The maximum atomic E-state index is 11.5. The Bertz CT molecular complexity index is 549. The van der Waals surface area contributed by atoms with Crippen molar-refractivity contribution >= 4 is 20.1 Å². The monoisotopic (exact) mass is 264 g/mol. The molecule has 0 heterocycles. The minimum absolute atomic E-state index is 0.160. The Morgan fingerprint density at radius 3 is 2.06 bits per heavy atom. The fourth-order valence-electron chi connectivity index (χ4n) is 0.839. The molecule has 1 unspecified atom stereocenters. The van der Waals surface area contributed by atoms with Crippen LogP contribution in [0.5, 0.6) is 0 Å². The molecular formula is C8H10NO5S2. The summed E-state index contributed by atoms with van der Waals surface area (Å²) >= 11 is 0. The molecule has 89 valence electrons. The predicted molar refractivity (Wildman–Crippen MR) is 57.0 cm³/mol. The number of rotatable bonds is 4. The van der Waals surface area contributed by atoms with Gasteiger partial charge in [-0.25, -0.2) is 17.7 Å². The van der Waals surface area contributed by atoms with E-state index in [2.05, 4.69) is 16.2 Å². The lowest BCUT2D eigenvalue weighted by Crippen LogP contribution is -2.30. The Hall–Kier alpha value is -0.960. The Labute approximate surface area is 94.2 Å². The summed E-state index contributed by atoms with van der Waals surface area (Å²) in [6.45, 7) is 3.01. The van der Waals surface area contributed by atoms with E-state index in [-0.39, 0.29) is 4.90 Å². The minimum Gasteiger partial charge on any atom is -0.245 e. The lowest BCUT2D eigenvalue weighted by Gasteiger charge is -2.10. The molecule has 1 aromatic rings. The molecule has 0 aromatic heterocycles. The van der Waals surface area contributed by atoms with E-state index in [1.165, 1.54) is 24.3 Å². The second kappa shape index (κ2) is 4.50. The first kappa shape index (κ1) is 13.1. The van der Waals surface area contributed by atoms with Gasteiger partial charge in [-0.2, -0.15) is 8.42 Å². The van der Waals surface area contributed by atoms with Gasteiger partial charge in [-0.1, -0.05) is 18.2 Å². The summed E-state index contributed by atoms with van der Waals surface area (Å²) in [6, 6.07) is 7.10. The van der Waals surface area contributed by atoms with Crippen molar-refractivity contribution in [1.82, 2.24) is 0 Å². The summed E-state index contributed by atoms with van der Waals surface area (Å²) in [6.07, 6.45) is 0. The zero-order valence-corrected chi connectivity index (χ0v) is 9.74. The van der Waals surface area contributed by atoms with Gasteiger partial charge in [-0.3, -0.25) is 0 Å². The molecule has 8 heteroatoms. The fraction of sp³-hybridized carbons (Fsp3) is 0.125. The van der Waals surface area contributed by atoms with Crippen molar-refractivity contribution in [3.05, 3.63) is 37.3 Å². The van der Waals surface area contributed by atoms with Crippen LogP contribution >= 0.6 is 0 Å². The molecule has 0 fully saturated rings. The first-order valence-electron chi connectivity index (χ1n) is 4.06. The molecule has 0 bridgehead atoms. The molecule has 0 saturated carbocycles. The van der Waals surface area contributed by atoms with E-state index in [1.807, 2.05) is 0 Å². The number of hydrogen-bond donors (Lipinski definition) is 1. The van der Waals surface area contributed by atoms with Crippen LogP contribution in [0, 0.1) is 6.92 Å². The zero-order valence-electron chi connectivity index (χ0n) is 8.11. The van der Waals surface area contributed by atoms with Crippen LogP contribution in [0.3, 0.4) is 0 Å². The van der Waals surface area contributed by atoms with Crippen LogP contribution in [0.2, 0.25) is 0 Å². The van der Waals surface area contributed by atoms with Gasteiger partial charge in [-0.05, 0) is 19.1 Å². The lowest BCUT2D eigenvalue weighted by atomic mass is 10.4. The Kier molecular flexibility index (Phi) is 3.68. The molecule has 0 aliphatic rings. The molecule has 0 amide bonds. The summed E-state index contributed by atoms with van der Waals surface area (Å²) < 4.78 is 48.9. The van der Waals surface area contributed by atoms with Crippen LogP contribution in [-0.4, -0.2) is 22.3 Å². The van der Waals surface area contributed by atoms with Crippen molar-refractivity contribution in [2.24, 2.45) is 5.14 Å². The fourth-order valence-corrected chi connectivity index (χ4v) is 2.47. The molecule has 0 saturated heterocycles. The first-order valence-corrected chi connectivity index (χ1v) is 7.08. The molecule has 1 radical (unpaired) electrons. The summed E-state index contributed by atoms with van der Waals surface area (Å²) in [5.74, 6) is 0. The third kappa shape index (κ3) is 3.27. The van der Waals surface area contributed by atoms with E-state index < -0.39 is 25.6 Å². The van der Waals surface area contributed by atoms with Crippen LogP contribution in [0.15, 0.2) is 35.2 Å². The third-order valence-corrected chi connectivity index (χ3v) is 3.92. The Morgan fingerprint density at radius 2 is 1.62 bits per heavy atom. The third-order valence-electron chi connectivity index (χ3n) is 1.63. The van der Waals surface area contributed by atoms with Gasteiger partial charge in [0.05, 0.1) is 4.90 Å². The number of hydrogen-bond acceptors (Lipinski definition) is 5. The summed E-state index contributed by atoms with van der Waals surface area (Å²) in [5, 5.41) is 4.68. The van der Waals surface area contributed by atoms with E-state index in [0.29, 0.717) is 0 Å². The molecule has 6 nitrogen and oxygen atoms in total. The molecule has 2 N–H and O–H groups in total. The van der Waals surface area contributed by atoms with Gasteiger partial charge in [-0.15, -0.1) is 0 Å². The average molecular weight is 264 g/mol. The van der Waals surface area contributed by atoms with Crippen molar-refractivity contribution < 1.29 is 21.0 Å². The van der Waals surface area contributed by atoms with Gasteiger partial charge in [0.15, 0.2) is 5.44 Å². The van der Waals surface area contributed by atoms with Crippen LogP contribution in [0.25, 0.3) is 0 Å². The second-order valence-electron chi connectivity index (χ2n) is 2.88. The maximum Gasteiger partial charge on any atom is 0.298 e. The van der Waals surface area contributed by atoms with Gasteiger partial charge >= 0.3 is 0 Å². The summed E-state index contributed by atoms with van der Waals surface area (Å²) in [4.78, 5) is -0.160. The highest BCUT2D eigenvalue weighted by Gasteiger charge is 2.25. The topological polar surface area (TPSA) is 104 Å². The van der Waals surface area contributed by atoms with Gasteiger partial charge in [0.2, 0.25) is 10.0 Å². The van der Waals surface area contributed by atoms with E-state index in [0.717, 1.165) is 0 Å². The van der Waals surface area contributed by atoms with Crippen molar-refractivity contribution in [2.45, 2.75) is 10.3 Å². The molecule has 16 heavy (non-hydrogen) atoms. The minimum atomic E-state index is -4.16. The normalized spacial score (nSPS) is 14.6. The molecule has 1 rings (SSSR count). The van der Waals surface area contributed by atoms with Crippen molar-refractivity contribution in [3.8, 4) is 0 Å². The number of nitrogens with two attached hydrogens (primary N) is 1. The van der Waals surface area contributed by atoms with E-state index >= 15 is 0 Å². The average Bonchev–Trinajstić information content (AvgIpc) is 2.17. The van der Waals surface area contributed by atoms with Crippen molar-refractivity contribution in [3.63, 3.8) is 0 Å². The highest BCUT2D eigenvalue weighted by molar-refractivity contribution is 7.91. The molecule has 1 atom stereocenters. The molecule has 0 spiro atoms. The quantitative estimate of drug-likeness (QED) is 0.761. The highest BCUT2D eigenvalue weighted by atomic mass is 32.2. The SMILES string of the molecule is [CH2]C(OS(=O)(=O)c1ccccc1)S(N)(=O)=O. The van der Waals surface area contributed by atoms with E-state index in [4.69, 9.17) is 0 Å². The molecular weight excluding hydrogens is 254 g/mol. The number of sulfonamides is 1. The summed E-state index contributed by atoms with van der Waals surface area (Å²) in [7, 11) is -8.32. The molecule has 0 aliphatic carbocycles. The van der Waals surface area contributed by atoms with Crippen LogP contribution in [0.1, 0.15) is 0 Å². The van der Waals surface area contributed by atoms with Gasteiger partial charge < -0.3 is 0 Å². The van der Waals surface area contributed by atoms with Gasteiger partial charge in [0, 0.05) is 0 Å². The van der Waals surface area contributed by atoms with E-state index in [9.17, 15) is 16.8 Å². The maximum absolute atomic E-state index is 11.5. The number of primary sulfonamides is 1. The zero-order chi connectivity index (χ0) is 12.4. The Balaban J connectivity index is 2.99. The van der Waals surface area contributed by atoms with Gasteiger partial charge in [0.1, 0.15) is 0 Å². The predicted octanol–water partition coefficient (Wildman–Crippen LogP) is -0.159. The van der Waals surface area contributed by atoms with Crippen LogP contribution in [0.4, 0.5) is 0 Å². The lowest BCUT2D eigenvalue weighted by molar-refractivity contribution is 0.315. The molecule has 1 aromatic carbocycles. The van der Waals surface area contributed by atoms with Crippen molar-refractivity contribution in [1.29, 1.82) is 0 Å². The Morgan fingerprint density at radius 1 is 1.12 bits per heavy atom. The smallest absolute Gasteiger partial charge is 0.245 e. The first-order chi connectivity index (χ1) is 7.23. The molecule has 0 aliphatic heterocycles. The second-order valence-corrected chi connectivity index (χ2v) is 6.16. The van der Waals surface area contributed by atoms with Gasteiger partial charge in [0.25, 0.3) is 10.1 Å². The van der Waals surface area contributed by atoms with Crippen molar-refractivity contribution in [2.75, 3.05) is 0 Å². The standard InChI is InChI=1S/C8H10NO5S2/c1-7(15(9,10)11)14-16(12,13)8-5-3-2-4-6-8/h2-7H,1H2,(H2,9,10,11). The van der Waals surface area contributed by atoms with Crippen LogP contribution in [-0.2, 0) is 24.3 Å². The summed E-state index contributed by atoms with van der Waals surface area (Å²) in [5.41, 5.74) is -1.86. The van der Waals surface area contributed by atoms with Crippen LogP contribution < -0.4 is 5.14 Å². The largest absolute Gasteiger partial charge is 0.298 e. The van der Waals surface area contributed by atoms with E-state index in [1.54, 1.807) is 6.07 Å².